The molecule has 0 spiro atoms. The number of benzene rings is 3. The third-order valence-corrected chi connectivity index (χ3v) is 9.62. The first kappa shape index (κ1) is 34.0. The zero-order valence-electron chi connectivity index (χ0n) is 25.8. The first-order valence-electron chi connectivity index (χ1n) is 15.2. The molecule has 1 unspecified atom stereocenters. The van der Waals surface area contributed by atoms with E-state index < -0.39 is 16.1 Å². The molecule has 0 saturated heterocycles. The molecule has 1 heterocycles. The summed E-state index contributed by atoms with van der Waals surface area (Å²) < 4.78 is 52.9. The molecular weight excluding hydrogens is 599 g/mol. The summed E-state index contributed by atoms with van der Waals surface area (Å²) in [5.41, 5.74) is 7.86. The molecule has 45 heavy (non-hydrogen) atoms. The van der Waals surface area contributed by atoms with Crippen LogP contribution in [0.3, 0.4) is 0 Å². The van der Waals surface area contributed by atoms with Gasteiger partial charge in [0.1, 0.15) is 5.82 Å². The molecular formula is C33H43FN4O6S. The second-order valence-corrected chi connectivity index (χ2v) is 13.5. The average Bonchev–Trinajstić information content (AvgIpc) is 3.48. The molecule has 0 bridgehead atoms. The van der Waals surface area contributed by atoms with Gasteiger partial charge in [-0.2, -0.15) is 4.31 Å². The number of nitrogens with zero attached hydrogens (tertiary/aromatic N) is 2. The second kappa shape index (κ2) is 15.9. The number of aliphatic hydroxyl groups excluding tert-OH is 1. The van der Waals surface area contributed by atoms with Gasteiger partial charge in [-0.25, -0.2) is 17.6 Å². The Morgan fingerprint density at radius 1 is 0.956 bits per heavy atom. The molecule has 0 aromatic heterocycles. The number of hydrogen-bond acceptors (Lipinski definition) is 7. The van der Waals surface area contributed by atoms with Gasteiger partial charge in [0.2, 0.25) is 16.8 Å². The highest BCUT2D eigenvalue weighted by Gasteiger charge is 2.31. The number of aliphatic hydroxyl groups is 1. The predicted octanol–water partition coefficient (Wildman–Crippen LogP) is 5.12. The zero-order chi connectivity index (χ0) is 32.4. The van der Waals surface area contributed by atoms with E-state index in [9.17, 15) is 22.7 Å². The summed E-state index contributed by atoms with van der Waals surface area (Å²) in [6, 6.07) is 16.7. The number of anilines is 1. The molecule has 0 saturated carbocycles. The maximum absolute atomic E-state index is 13.6. The number of unbranched alkanes of at least 4 members (excludes halogenated alkanes) is 1. The van der Waals surface area contributed by atoms with Crippen LogP contribution in [0, 0.1) is 11.7 Å². The fourth-order valence-electron chi connectivity index (χ4n) is 5.07. The van der Waals surface area contributed by atoms with Crippen molar-refractivity contribution < 1.29 is 32.2 Å². The number of carbonyl (C=O) groups excluding carboxylic acids is 1. The maximum Gasteiger partial charge on any atom is 0.318 e. The molecule has 0 fully saturated rings. The van der Waals surface area contributed by atoms with Crippen LogP contribution in [0.2, 0.25) is 0 Å². The summed E-state index contributed by atoms with van der Waals surface area (Å²) in [5, 5.41) is 13.2. The van der Waals surface area contributed by atoms with Crippen LogP contribution < -0.4 is 20.5 Å². The van der Waals surface area contributed by atoms with Crippen molar-refractivity contribution in [3.05, 3.63) is 83.7 Å². The van der Waals surface area contributed by atoms with Gasteiger partial charge in [-0.3, -0.25) is 0 Å². The lowest BCUT2D eigenvalue weighted by Gasteiger charge is -2.30. The van der Waals surface area contributed by atoms with Gasteiger partial charge in [-0.05, 0) is 84.8 Å². The van der Waals surface area contributed by atoms with Crippen LogP contribution in [0.4, 0.5) is 14.9 Å². The van der Waals surface area contributed by atoms with E-state index in [4.69, 9.17) is 15.2 Å². The molecule has 12 heteroatoms. The Kier molecular flexibility index (Phi) is 12.0. The molecule has 0 radical (unpaired) electrons. The van der Waals surface area contributed by atoms with E-state index in [0.717, 1.165) is 11.1 Å². The Bertz CT molecular complexity index is 1500. The van der Waals surface area contributed by atoms with E-state index in [2.05, 4.69) is 5.32 Å². The van der Waals surface area contributed by atoms with Crippen molar-refractivity contribution in [2.24, 2.45) is 5.92 Å². The minimum absolute atomic E-state index is 0.134. The number of nitrogens with one attached hydrogen (secondary N) is 1. The van der Waals surface area contributed by atoms with Gasteiger partial charge in [-0.15, -0.1) is 0 Å². The lowest BCUT2D eigenvalue weighted by molar-refractivity contribution is 0.172. The molecule has 3 aromatic rings. The van der Waals surface area contributed by atoms with Crippen LogP contribution in [0.25, 0.3) is 0 Å². The smallest absolute Gasteiger partial charge is 0.318 e. The second-order valence-electron chi connectivity index (χ2n) is 11.6. The largest absolute Gasteiger partial charge is 0.454 e. The number of hydrogen-bond donors (Lipinski definition) is 3. The van der Waals surface area contributed by atoms with E-state index >= 15 is 0 Å². The molecule has 4 rings (SSSR count). The molecule has 0 aliphatic carbocycles. The number of rotatable bonds is 16. The summed E-state index contributed by atoms with van der Waals surface area (Å²) in [6.45, 7) is 5.08. The monoisotopic (exact) mass is 642 g/mol. The van der Waals surface area contributed by atoms with Crippen molar-refractivity contribution >= 4 is 21.7 Å². The van der Waals surface area contributed by atoms with Crippen molar-refractivity contribution in [1.82, 2.24) is 14.5 Å². The topological polar surface area (TPSA) is 134 Å². The van der Waals surface area contributed by atoms with Gasteiger partial charge in [-0.1, -0.05) is 38.5 Å². The van der Waals surface area contributed by atoms with E-state index in [1.807, 2.05) is 26.0 Å². The summed E-state index contributed by atoms with van der Waals surface area (Å²) in [6.07, 6.45) is 2.24. The lowest BCUT2D eigenvalue weighted by Crippen LogP contribution is -2.43. The van der Waals surface area contributed by atoms with Gasteiger partial charge in [0.15, 0.2) is 11.5 Å². The van der Waals surface area contributed by atoms with Crippen LogP contribution in [-0.4, -0.2) is 61.3 Å². The van der Waals surface area contributed by atoms with Crippen molar-refractivity contribution in [2.75, 3.05) is 32.2 Å². The van der Waals surface area contributed by atoms with Crippen molar-refractivity contribution in [1.29, 1.82) is 0 Å². The highest BCUT2D eigenvalue weighted by atomic mass is 32.2. The van der Waals surface area contributed by atoms with E-state index in [1.54, 1.807) is 35.2 Å². The van der Waals surface area contributed by atoms with Crippen molar-refractivity contribution in [2.45, 2.75) is 63.6 Å². The minimum atomic E-state index is -3.86. The fourth-order valence-corrected chi connectivity index (χ4v) is 6.73. The third kappa shape index (κ3) is 9.56. The number of nitrogen functional groups attached to an aromatic ring is 1. The highest BCUT2D eigenvalue weighted by molar-refractivity contribution is 7.89. The zero-order valence-corrected chi connectivity index (χ0v) is 26.6. The van der Waals surface area contributed by atoms with Crippen LogP contribution >= 0.6 is 0 Å². The SMILES string of the molecule is CC(C)CCN(C(CO)CCCCNC(=O)N(Cc1ccc(F)cc1)Cc1ccc2c(c1)OCO2)S(=O)(=O)c1ccc(N)cc1. The molecule has 244 valence electrons. The third-order valence-electron chi connectivity index (χ3n) is 7.66. The maximum atomic E-state index is 13.6. The number of sulfonamides is 1. The van der Waals surface area contributed by atoms with Crippen molar-refractivity contribution in [3.8, 4) is 11.5 Å². The van der Waals surface area contributed by atoms with E-state index in [0.29, 0.717) is 56.0 Å². The van der Waals surface area contributed by atoms with Gasteiger partial charge in [0.25, 0.3) is 0 Å². The lowest BCUT2D eigenvalue weighted by atomic mass is 10.1. The van der Waals surface area contributed by atoms with E-state index in [1.165, 1.54) is 28.6 Å². The number of urea groups is 1. The van der Waals surface area contributed by atoms with Gasteiger partial charge in [0, 0.05) is 37.9 Å². The molecule has 1 aliphatic heterocycles. The molecule has 2 amide bonds. The first-order valence-corrected chi connectivity index (χ1v) is 16.6. The van der Waals surface area contributed by atoms with Crippen molar-refractivity contribution in [3.63, 3.8) is 0 Å². The van der Waals surface area contributed by atoms with Crippen LogP contribution in [0.5, 0.6) is 11.5 Å². The Labute approximate surface area is 265 Å². The Morgan fingerprint density at radius 3 is 2.31 bits per heavy atom. The highest BCUT2D eigenvalue weighted by Crippen LogP contribution is 2.33. The number of halogens is 1. The number of carbonyl (C=O) groups is 1. The van der Waals surface area contributed by atoms with Gasteiger partial charge >= 0.3 is 6.03 Å². The van der Waals surface area contributed by atoms with Gasteiger partial charge in [0.05, 0.1) is 11.5 Å². The van der Waals surface area contributed by atoms with Crippen LogP contribution in [0.15, 0.2) is 71.6 Å². The Hall–Kier alpha value is -3.87. The summed E-state index contributed by atoms with van der Waals surface area (Å²) >= 11 is 0. The summed E-state index contributed by atoms with van der Waals surface area (Å²) in [7, 11) is -3.86. The normalized spacial score (nSPS) is 13.3. The van der Waals surface area contributed by atoms with Gasteiger partial charge < -0.3 is 30.5 Å². The molecule has 4 N–H and O–H groups in total. The molecule has 10 nitrogen and oxygen atoms in total. The van der Waals surface area contributed by atoms with Crippen LogP contribution in [-0.2, 0) is 23.1 Å². The Morgan fingerprint density at radius 2 is 1.62 bits per heavy atom. The number of ether oxygens (including phenoxy) is 2. The van der Waals surface area contributed by atoms with Crippen LogP contribution in [0.1, 0.15) is 50.7 Å². The quantitative estimate of drug-likeness (QED) is 0.146. The first-order chi connectivity index (χ1) is 21.6. The number of nitrogens with two attached hydrogens (primary N) is 1. The Balaban J connectivity index is 1.36. The standard InChI is InChI=1S/C33H43FN4O6S/c1-24(2)16-18-38(45(41,42)30-13-11-28(35)12-14-30)29(22-39)5-3-4-17-36-33(40)37(20-25-6-9-27(34)10-7-25)21-26-8-15-31-32(19-26)44-23-43-31/h6-15,19,24,29,39H,3-5,16-18,20-23,35H2,1-2H3,(H,36,40). The number of fused-ring (bicyclic) bond motifs is 1. The average molecular weight is 643 g/mol. The molecule has 1 atom stereocenters. The fraction of sp³-hybridized carbons (Fsp3) is 0.424. The molecule has 1 aliphatic rings. The summed E-state index contributed by atoms with van der Waals surface area (Å²) in [5.74, 6) is 1.20. The van der Waals surface area contributed by atoms with E-state index in [-0.39, 0.29) is 49.2 Å². The minimum Gasteiger partial charge on any atom is -0.454 e. The summed E-state index contributed by atoms with van der Waals surface area (Å²) in [4.78, 5) is 15.1. The number of amides is 2. The predicted molar refractivity (Wildman–Crippen MR) is 171 cm³/mol. The molecule has 3 aromatic carbocycles.